The number of carbonyl (C=O) groups excluding carboxylic acids is 1. The van der Waals surface area contributed by atoms with Gasteiger partial charge in [-0.05, 0) is 24.6 Å². The maximum absolute atomic E-state index is 10.5. The Kier molecular flexibility index (Phi) is 3.77. The zero-order chi connectivity index (χ0) is 10.6. The number of benzene rings is 1. The van der Waals surface area contributed by atoms with Crippen molar-refractivity contribution in [1.29, 1.82) is 0 Å². The van der Waals surface area contributed by atoms with Crippen molar-refractivity contribution in [3.8, 4) is 5.75 Å². The predicted octanol–water partition coefficient (Wildman–Crippen LogP) is 1.90. The quantitative estimate of drug-likeness (QED) is 0.831. The highest BCUT2D eigenvalue weighted by Crippen LogP contribution is 2.22. The van der Waals surface area contributed by atoms with Gasteiger partial charge in [0.05, 0.1) is 13.0 Å². The fraction of sp³-hybridized carbons (Fsp3) is 0.300. The number of aryl methyl sites for hydroxylation is 1. The summed E-state index contributed by atoms with van der Waals surface area (Å²) in [4.78, 5) is 10.5. The van der Waals surface area contributed by atoms with Crippen LogP contribution in [0.5, 0.6) is 5.75 Å². The van der Waals surface area contributed by atoms with Gasteiger partial charge in [-0.2, -0.15) is 0 Å². The molecule has 0 bridgehead atoms. The second-order valence-electron chi connectivity index (χ2n) is 2.97. The standard InChI is InChI=1S/C10H12ClNO2/c1-7-2-3-8(11)6-9(7)14-5-4-10(12)13/h2-3,6H,4-5H2,1H3,(H2,12,13). The van der Waals surface area contributed by atoms with Gasteiger partial charge in [-0.3, -0.25) is 4.79 Å². The van der Waals surface area contributed by atoms with Crippen LogP contribution in [0, 0.1) is 6.92 Å². The molecule has 76 valence electrons. The first kappa shape index (κ1) is 10.9. The number of hydrogen-bond donors (Lipinski definition) is 1. The fourth-order valence-corrected chi connectivity index (χ4v) is 1.15. The summed E-state index contributed by atoms with van der Waals surface area (Å²) in [6, 6.07) is 5.37. The lowest BCUT2D eigenvalue weighted by molar-refractivity contribution is -0.118. The second kappa shape index (κ2) is 4.86. The highest BCUT2D eigenvalue weighted by atomic mass is 35.5. The van der Waals surface area contributed by atoms with Crippen molar-refractivity contribution in [2.75, 3.05) is 6.61 Å². The molecule has 0 aromatic heterocycles. The van der Waals surface area contributed by atoms with Gasteiger partial charge >= 0.3 is 0 Å². The van der Waals surface area contributed by atoms with Gasteiger partial charge in [0.25, 0.3) is 0 Å². The van der Waals surface area contributed by atoms with Crippen molar-refractivity contribution < 1.29 is 9.53 Å². The lowest BCUT2D eigenvalue weighted by Crippen LogP contribution is -2.14. The Morgan fingerprint density at radius 2 is 2.29 bits per heavy atom. The molecule has 0 aliphatic carbocycles. The van der Waals surface area contributed by atoms with Crippen LogP contribution in [-0.2, 0) is 4.79 Å². The molecule has 0 aliphatic rings. The van der Waals surface area contributed by atoms with Crippen LogP contribution in [0.1, 0.15) is 12.0 Å². The highest BCUT2D eigenvalue weighted by molar-refractivity contribution is 6.30. The van der Waals surface area contributed by atoms with Crippen molar-refractivity contribution in [1.82, 2.24) is 0 Å². The van der Waals surface area contributed by atoms with E-state index in [9.17, 15) is 4.79 Å². The maximum atomic E-state index is 10.5. The van der Waals surface area contributed by atoms with Crippen LogP contribution in [0.2, 0.25) is 5.02 Å². The molecule has 1 rings (SSSR count). The Morgan fingerprint density at radius 3 is 2.93 bits per heavy atom. The lowest BCUT2D eigenvalue weighted by Gasteiger charge is -2.07. The van der Waals surface area contributed by atoms with Crippen LogP contribution >= 0.6 is 11.6 Å². The number of hydrogen-bond acceptors (Lipinski definition) is 2. The van der Waals surface area contributed by atoms with Crippen molar-refractivity contribution in [2.24, 2.45) is 5.73 Å². The van der Waals surface area contributed by atoms with E-state index in [1.807, 2.05) is 13.0 Å². The first-order valence-electron chi connectivity index (χ1n) is 4.27. The number of primary amides is 1. The van der Waals surface area contributed by atoms with Crippen molar-refractivity contribution in [3.63, 3.8) is 0 Å². The molecule has 1 aromatic rings. The van der Waals surface area contributed by atoms with Crippen LogP contribution in [-0.4, -0.2) is 12.5 Å². The average Bonchev–Trinajstić information content (AvgIpc) is 2.10. The smallest absolute Gasteiger partial charge is 0.220 e. The zero-order valence-corrected chi connectivity index (χ0v) is 8.67. The molecule has 3 nitrogen and oxygen atoms in total. The van der Waals surface area contributed by atoms with Crippen molar-refractivity contribution >= 4 is 17.5 Å². The third kappa shape index (κ3) is 3.26. The van der Waals surface area contributed by atoms with E-state index in [4.69, 9.17) is 22.1 Å². The van der Waals surface area contributed by atoms with Crippen LogP contribution < -0.4 is 10.5 Å². The van der Waals surface area contributed by atoms with E-state index in [1.54, 1.807) is 12.1 Å². The molecule has 0 heterocycles. The Bertz CT molecular complexity index is 339. The summed E-state index contributed by atoms with van der Waals surface area (Å²) in [6.45, 7) is 2.20. The average molecular weight is 214 g/mol. The van der Waals surface area contributed by atoms with Gasteiger partial charge in [-0.25, -0.2) is 0 Å². The van der Waals surface area contributed by atoms with Crippen LogP contribution in [0.25, 0.3) is 0 Å². The summed E-state index contributed by atoms with van der Waals surface area (Å²) in [5.74, 6) is 0.323. The second-order valence-corrected chi connectivity index (χ2v) is 3.41. The molecule has 1 amide bonds. The molecule has 0 spiro atoms. The summed E-state index contributed by atoms with van der Waals surface area (Å²) < 4.78 is 5.34. The summed E-state index contributed by atoms with van der Waals surface area (Å²) in [5.41, 5.74) is 5.96. The maximum Gasteiger partial charge on any atom is 0.220 e. The summed E-state index contributed by atoms with van der Waals surface area (Å²) in [7, 11) is 0. The van der Waals surface area contributed by atoms with Crippen LogP contribution in [0.15, 0.2) is 18.2 Å². The number of amides is 1. The Labute approximate surface area is 87.8 Å². The van der Waals surface area contributed by atoms with Crippen LogP contribution in [0.3, 0.4) is 0 Å². The lowest BCUT2D eigenvalue weighted by atomic mass is 10.2. The number of halogens is 1. The minimum Gasteiger partial charge on any atom is -0.493 e. The van der Waals surface area contributed by atoms with Crippen molar-refractivity contribution in [3.05, 3.63) is 28.8 Å². The topological polar surface area (TPSA) is 52.3 Å². The molecule has 0 atom stereocenters. The molecule has 0 unspecified atom stereocenters. The SMILES string of the molecule is Cc1ccc(Cl)cc1OCCC(N)=O. The summed E-state index contributed by atoms with van der Waals surface area (Å²) >= 11 is 5.79. The Balaban J connectivity index is 2.57. The van der Waals surface area contributed by atoms with E-state index in [1.165, 1.54) is 0 Å². The summed E-state index contributed by atoms with van der Waals surface area (Å²) in [6.07, 6.45) is 0.214. The van der Waals surface area contributed by atoms with E-state index in [-0.39, 0.29) is 18.9 Å². The van der Waals surface area contributed by atoms with Crippen molar-refractivity contribution in [2.45, 2.75) is 13.3 Å². The zero-order valence-electron chi connectivity index (χ0n) is 7.92. The number of nitrogens with two attached hydrogens (primary N) is 1. The molecule has 1 aromatic carbocycles. The molecule has 2 N–H and O–H groups in total. The minimum atomic E-state index is -0.371. The summed E-state index contributed by atoms with van der Waals surface area (Å²) in [5, 5.41) is 0.615. The van der Waals surface area contributed by atoms with Gasteiger partial charge in [0.2, 0.25) is 5.91 Å². The third-order valence-electron chi connectivity index (χ3n) is 1.76. The van der Waals surface area contributed by atoms with Gasteiger partial charge in [0.15, 0.2) is 0 Å². The Hall–Kier alpha value is -1.22. The molecule has 0 fully saturated rings. The van der Waals surface area contributed by atoms with E-state index in [0.29, 0.717) is 10.8 Å². The van der Waals surface area contributed by atoms with E-state index >= 15 is 0 Å². The molecule has 14 heavy (non-hydrogen) atoms. The first-order chi connectivity index (χ1) is 6.59. The van der Waals surface area contributed by atoms with Gasteiger partial charge < -0.3 is 10.5 Å². The predicted molar refractivity (Wildman–Crippen MR) is 55.5 cm³/mol. The van der Waals surface area contributed by atoms with Gasteiger partial charge in [0.1, 0.15) is 5.75 Å². The number of carbonyl (C=O) groups is 1. The highest BCUT2D eigenvalue weighted by Gasteiger charge is 2.01. The molecule has 0 saturated heterocycles. The minimum absolute atomic E-state index is 0.214. The molecule has 4 heteroatoms. The number of rotatable bonds is 4. The van der Waals surface area contributed by atoms with Gasteiger partial charge in [-0.15, -0.1) is 0 Å². The molecule has 0 aliphatic heterocycles. The largest absolute Gasteiger partial charge is 0.493 e. The number of ether oxygens (including phenoxy) is 1. The normalized spacial score (nSPS) is 9.86. The molecule has 0 saturated carbocycles. The monoisotopic (exact) mass is 213 g/mol. The molecule has 0 radical (unpaired) electrons. The third-order valence-corrected chi connectivity index (χ3v) is 1.99. The van der Waals surface area contributed by atoms with Gasteiger partial charge in [-0.1, -0.05) is 17.7 Å². The van der Waals surface area contributed by atoms with E-state index in [2.05, 4.69) is 0 Å². The Morgan fingerprint density at radius 1 is 1.57 bits per heavy atom. The van der Waals surface area contributed by atoms with Crippen LogP contribution in [0.4, 0.5) is 0 Å². The van der Waals surface area contributed by atoms with Gasteiger partial charge in [0, 0.05) is 5.02 Å². The fourth-order valence-electron chi connectivity index (χ4n) is 0.991. The first-order valence-corrected chi connectivity index (χ1v) is 4.64. The molecular weight excluding hydrogens is 202 g/mol. The molecular formula is C10H12ClNO2. The van der Waals surface area contributed by atoms with E-state index in [0.717, 1.165) is 5.56 Å². The van der Waals surface area contributed by atoms with E-state index < -0.39 is 0 Å².